The van der Waals surface area contributed by atoms with Crippen LogP contribution in [0.1, 0.15) is 32.6 Å². The second-order valence-electron chi connectivity index (χ2n) is 5.72. The van der Waals surface area contributed by atoms with Crippen LogP contribution < -0.4 is 10.6 Å². The first-order chi connectivity index (χ1) is 8.59. The lowest BCUT2D eigenvalue weighted by Crippen LogP contribution is -2.44. The van der Waals surface area contributed by atoms with E-state index in [1.54, 1.807) is 0 Å². The van der Waals surface area contributed by atoms with Gasteiger partial charge in [0.2, 0.25) is 0 Å². The highest BCUT2D eigenvalue weighted by molar-refractivity contribution is 8.00. The summed E-state index contributed by atoms with van der Waals surface area (Å²) in [7, 11) is 2.13. The zero-order chi connectivity index (χ0) is 13.0. The minimum atomic E-state index is -0.0204. The van der Waals surface area contributed by atoms with Crippen molar-refractivity contribution >= 4 is 17.8 Å². The molecule has 1 aliphatic heterocycles. The zero-order valence-electron chi connectivity index (χ0n) is 11.5. The predicted molar refractivity (Wildman–Crippen MR) is 77.2 cm³/mol. The summed E-state index contributed by atoms with van der Waals surface area (Å²) in [5.41, 5.74) is 0. The van der Waals surface area contributed by atoms with E-state index in [0.717, 1.165) is 25.7 Å². The van der Waals surface area contributed by atoms with E-state index >= 15 is 0 Å². The molecule has 0 aromatic rings. The third-order valence-electron chi connectivity index (χ3n) is 3.84. The van der Waals surface area contributed by atoms with Gasteiger partial charge in [-0.1, -0.05) is 0 Å². The Morgan fingerprint density at radius 1 is 1.44 bits per heavy atom. The maximum Gasteiger partial charge on any atom is 0.314 e. The van der Waals surface area contributed by atoms with Gasteiger partial charge in [0.15, 0.2) is 0 Å². The fourth-order valence-corrected chi connectivity index (χ4v) is 3.59. The summed E-state index contributed by atoms with van der Waals surface area (Å²) in [6.07, 6.45) is 5.12. The fourth-order valence-electron chi connectivity index (χ4n) is 2.35. The number of hydrogen-bond acceptors (Lipinski definition) is 3. The van der Waals surface area contributed by atoms with Gasteiger partial charge in [0.1, 0.15) is 0 Å². The predicted octanol–water partition coefficient (Wildman–Crippen LogP) is 1.67. The largest absolute Gasteiger partial charge is 0.337 e. The van der Waals surface area contributed by atoms with E-state index < -0.39 is 0 Å². The van der Waals surface area contributed by atoms with E-state index in [1.807, 2.05) is 11.8 Å². The molecule has 5 heteroatoms. The number of thioether (sulfide) groups is 1. The van der Waals surface area contributed by atoms with E-state index in [-0.39, 0.29) is 10.8 Å². The van der Waals surface area contributed by atoms with Crippen molar-refractivity contribution in [1.29, 1.82) is 0 Å². The normalized spacial score (nSPS) is 27.5. The number of nitrogens with zero attached hydrogens (tertiary/aromatic N) is 1. The first-order valence-corrected chi connectivity index (χ1v) is 7.93. The number of nitrogens with one attached hydrogen (secondary N) is 2. The first kappa shape index (κ1) is 14.0. The van der Waals surface area contributed by atoms with Crippen LogP contribution >= 0.6 is 11.8 Å². The molecule has 2 N–H and O–H groups in total. The van der Waals surface area contributed by atoms with Crippen LogP contribution in [0.25, 0.3) is 0 Å². The first-order valence-electron chi connectivity index (χ1n) is 6.95. The van der Waals surface area contributed by atoms with E-state index in [2.05, 4.69) is 29.5 Å². The molecule has 104 valence electrons. The van der Waals surface area contributed by atoms with Crippen LogP contribution in [0.15, 0.2) is 0 Å². The second kappa shape index (κ2) is 6.15. The molecule has 0 bridgehead atoms. The SMILES string of the molecule is CN(CCNC(=O)NC[C@@]1(C)CCCS1)C1CC1. The van der Waals surface area contributed by atoms with Gasteiger partial charge in [-0.2, -0.15) is 11.8 Å². The number of rotatable bonds is 6. The van der Waals surface area contributed by atoms with Crippen molar-refractivity contribution in [2.75, 3.05) is 32.4 Å². The van der Waals surface area contributed by atoms with Crippen LogP contribution in [0.2, 0.25) is 0 Å². The molecule has 0 spiro atoms. The summed E-state index contributed by atoms with van der Waals surface area (Å²) in [6.45, 7) is 4.71. The van der Waals surface area contributed by atoms with Gasteiger partial charge in [-0.3, -0.25) is 0 Å². The number of hydrogen-bond donors (Lipinski definition) is 2. The molecule has 18 heavy (non-hydrogen) atoms. The summed E-state index contributed by atoms with van der Waals surface area (Å²) in [6, 6.07) is 0.747. The number of likely N-dealkylation sites (N-methyl/N-ethyl adjacent to an activating group) is 1. The summed E-state index contributed by atoms with van der Waals surface area (Å²) in [4.78, 5) is 14.0. The molecule has 2 amide bonds. The molecule has 1 atom stereocenters. The minimum absolute atomic E-state index is 0.0204. The van der Waals surface area contributed by atoms with Crippen LogP contribution in [0.4, 0.5) is 4.79 Å². The van der Waals surface area contributed by atoms with Crippen molar-refractivity contribution in [3.63, 3.8) is 0 Å². The molecule has 4 nitrogen and oxygen atoms in total. The third kappa shape index (κ3) is 4.35. The highest BCUT2D eigenvalue weighted by Crippen LogP contribution is 2.36. The Kier molecular flexibility index (Phi) is 4.78. The molecule has 1 saturated carbocycles. The van der Waals surface area contributed by atoms with Crippen molar-refractivity contribution in [2.45, 2.75) is 43.4 Å². The van der Waals surface area contributed by atoms with Crippen molar-refractivity contribution < 1.29 is 4.79 Å². The third-order valence-corrected chi connectivity index (χ3v) is 5.38. The standard InChI is InChI=1S/C13H25N3OS/c1-13(6-3-9-18-13)10-15-12(17)14-7-8-16(2)11-4-5-11/h11H,3-10H2,1-2H3,(H2,14,15,17)/t13-/m1/s1. The maximum atomic E-state index is 11.7. The van der Waals surface area contributed by atoms with E-state index in [9.17, 15) is 4.79 Å². The number of urea groups is 1. The van der Waals surface area contributed by atoms with Gasteiger partial charge in [0.05, 0.1) is 0 Å². The molecule has 0 aromatic carbocycles. The van der Waals surface area contributed by atoms with Gasteiger partial charge in [0.25, 0.3) is 0 Å². The van der Waals surface area contributed by atoms with E-state index in [1.165, 1.54) is 31.4 Å². The smallest absolute Gasteiger partial charge is 0.314 e. The fraction of sp³-hybridized carbons (Fsp3) is 0.923. The minimum Gasteiger partial charge on any atom is -0.337 e. The van der Waals surface area contributed by atoms with Crippen molar-refractivity contribution in [1.82, 2.24) is 15.5 Å². The molecule has 2 aliphatic rings. The van der Waals surface area contributed by atoms with Crippen molar-refractivity contribution in [3.05, 3.63) is 0 Å². The molecular weight excluding hydrogens is 246 g/mol. The zero-order valence-corrected chi connectivity index (χ0v) is 12.3. The Bertz CT molecular complexity index is 288. The van der Waals surface area contributed by atoms with Crippen LogP contribution in [0.3, 0.4) is 0 Å². The van der Waals surface area contributed by atoms with Crippen LogP contribution in [-0.4, -0.2) is 54.2 Å². The molecule has 0 radical (unpaired) electrons. The Hall–Kier alpha value is -0.420. The van der Waals surface area contributed by atoms with Crippen LogP contribution in [-0.2, 0) is 0 Å². The molecular formula is C13H25N3OS. The van der Waals surface area contributed by atoms with Gasteiger partial charge >= 0.3 is 6.03 Å². The molecule has 1 saturated heterocycles. The molecule has 2 rings (SSSR count). The quantitative estimate of drug-likeness (QED) is 0.772. The monoisotopic (exact) mass is 271 g/mol. The van der Waals surface area contributed by atoms with Gasteiger partial charge in [-0.15, -0.1) is 0 Å². The highest BCUT2D eigenvalue weighted by Gasteiger charge is 2.29. The van der Waals surface area contributed by atoms with Crippen molar-refractivity contribution in [2.24, 2.45) is 0 Å². The topological polar surface area (TPSA) is 44.4 Å². The lowest BCUT2D eigenvalue weighted by atomic mass is 10.1. The lowest BCUT2D eigenvalue weighted by Gasteiger charge is -2.23. The summed E-state index contributed by atoms with van der Waals surface area (Å²) >= 11 is 1.98. The molecule has 1 heterocycles. The summed E-state index contributed by atoms with van der Waals surface area (Å²) < 4.78 is 0.252. The van der Waals surface area contributed by atoms with Crippen LogP contribution in [0, 0.1) is 0 Å². The van der Waals surface area contributed by atoms with Gasteiger partial charge in [0, 0.05) is 30.4 Å². The van der Waals surface area contributed by atoms with Gasteiger partial charge in [-0.25, -0.2) is 4.79 Å². The molecule has 0 unspecified atom stereocenters. The summed E-state index contributed by atoms with van der Waals surface area (Å²) in [5, 5.41) is 5.93. The van der Waals surface area contributed by atoms with E-state index in [4.69, 9.17) is 0 Å². The Labute approximate surface area is 114 Å². The molecule has 0 aromatic heterocycles. The molecule has 1 aliphatic carbocycles. The van der Waals surface area contributed by atoms with Crippen molar-refractivity contribution in [3.8, 4) is 0 Å². The van der Waals surface area contributed by atoms with Gasteiger partial charge in [-0.05, 0) is 45.4 Å². The van der Waals surface area contributed by atoms with Crippen LogP contribution in [0.5, 0.6) is 0 Å². The Morgan fingerprint density at radius 3 is 2.83 bits per heavy atom. The average Bonchev–Trinajstić information content (AvgIpc) is 3.10. The lowest BCUT2D eigenvalue weighted by molar-refractivity contribution is 0.237. The molecule has 2 fully saturated rings. The summed E-state index contributed by atoms with van der Waals surface area (Å²) in [5.74, 6) is 1.23. The number of amides is 2. The Morgan fingerprint density at radius 2 is 2.22 bits per heavy atom. The number of carbonyl (C=O) groups is 1. The second-order valence-corrected chi connectivity index (χ2v) is 7.41. The highest BCUT2D eigenvalue weighted by atomic mass is 32.2. The van der Waals surface area contributed by atoms with Gasteiger partial charge < -0.3 is 15.5 Å². The number of carbonyl (C=O) groups excluding carboxylic acids is 1. The maximum absolute atomic E-state index is 11.7. The Balaban J connectivity index is 1.54. The van der Waals surface area contributed by atoms with E-state index in [0.29, 0.717) is 0 Å². The average molecular weight is 271 g/mol.